The number of nitrogens with zero attached hydrogens (tertiary/aromatic N) is 1. The molecular weight excluding hydrogens is 342 g/mol. The molecular formula is C22H25NO4. The Balaban J connectivity index is 1.58. The first-order valence-electron chi connectivity index (χ1n) is 9.07. The lowest BCUT2D eigenvalue weighted by Gasteiger charge is -2.27. The van der Waals surface area contributed by atoms with Crippen molar-refractivity contribution in [2.24, 2.45) is 0 Å². The summed E-state index contributed by atoms with van der Waals surface area (Å²) >= 11 is 0. The van der Waals surface area contributed by atoms with Crippen LogP contribution in [0.4, 0.5) is 0 Å². The Morgan fingerprint density at radius 3 is 2.41 bits per heavy atom. The molecule has 0 spiro atoms. The van der Waals surface area contributed by atoms with Gasteiger partial charge in [0.15, 0.2) is 0 Å². The van der Waals surface area contributed by atoms with Crippen molar-refractivity contribution in [2.75, 3.05) is 40.5 Å². The number of carbonyl (C=O) groups excluding carboxylic acids is 1. The summed E-state index contributed by atoms with van der Waals surface area (Å²) in [6.45, 7) is 2.05. The molecule has 0 aromatic heterocycles. The number of carbonyl (C=O) groups is 1. The van der Waals surface area contributed by atoms with Crippen molar-refractivity contribution < 1.29 is 19.0 Å². The molecule has 5 heteroatoms. The fourth-order valence-electron chi connectivity index (χ4n) is 3.10. The van der Waals surface area contributed by atoms with Crippen molar-refractivity contribution in [3.8, 4) is 11.5 Å². The summed E-state index contributed by atoms with van der Waals surface area (Å²) in [5.74, 6) is 1.22. The van der Waals surface area contributed by atoms with E-state index in [-0.39, 0.29) is 12.6 Å². The summed E-state index contributed by atoms with van der Waals surface area (Å²) in [5, 5.41) is 0. The van der Waals surface area contributed by atoms with E-state index in [9.17, 15) is 4.79 Å². The van der Waals surface area contributed by atoms with Crippen LogP contribution < -0.4 is 9.47 Å². The zero-order valence-corrected chi connectivity index (χ0v) is 15.8. The second kappa shape index (κ2) is 9.24. The molecule has 5 nitrogen and oxygen atoms in total. The number of hydrogen-bond acceptors (Lipinski definition) is 5. The zero-order valence-electron chi connectivity index (χ0n) is 15.8. The summed E-state index contributed by atoms with van der Waals surface area (Å²) < 4.78 is 16.2. The number of ether oxygens (including phenoxy) is 3. The average molecular weight is 367 g/mol. The lowest BCUT2D eigenvalue weighted by molar-refractivity contribution is -0.140. The Morgan fingerprint density at radius 1 is 1.00 bits per heavy atom. The average Bonchev–Trinajstić information content (AvgIpc) is 2.72. The first-order chi connectivity index (χ1) is 13.2. The lowest BCUT2D eigenvalue weighted by Crippen LogP contribution is -2.31. The van der Waals surface area contributed by atoms with Crippen LogP contribution in [0.5, 0.6) is 11.5 Å². The van der Waals surface area contributed by atoms with Gasteiger partial charge in [0.1, 0.15) is 24.7 Å². The van der Waals surface area contributed by atoms with Gasteiger partial charge in [-0.05, 0) is 48.9 Å². The highest BCUT2D eigenvalue weighted by atomic mass is 16.6. The highest BCUT2D eigenvalue weighted by Crippen LogP contribution is 2.27. The Bertz CT molecular complexity index is 784. The number of rotatable bonds is 7. The normalized spacial score (nSPS) is 14.7. The highest BCUT2D eigenvalue weighted by Gasteiger charge is 2.24. The molecule has 1 aliphatic rings. The van der Waals surface area contributed by atoms with Crippen LogP contribution in [-0.4, -0.2) is 51.3 Å². The highest BCUT2D eigenvalue weighted by molar-refractivity contribution is 5.98. The summed E-state index contributed by atoms with van der Waals surface area (Å²) in [6.07, 6.45) is 0.841. The van der Waals surface area contributed by atoms with Gasteiger partial charge in [-0.1, -0.05) is 30.3 Å². The molecule has 0 saturated carbocycles. The third-order valence-electron chi connectivity index (χ3n) is 4.55. The topological polar surface area (TPSA) is 48.0 Å². The fraction of sp³-hybridized carbons (Fsp3) is 0.318. The molecule has 1 aliphatic heterocycles. The van der Waals surface area contributed by atoms with Crippen LogP contribution >= 0.6 is 0 Å². The minimum absolute atomic E-state index is 0.208. The molecule has 0 saturated heterocycles. The van der Waals surface area contributed by atoms with Crippen molar-refractivity contribution in [1.82, 2.24) is 4.90 Å². The maximum Gasteiger partial charge on any atom is 0.335 e. The molecule has 1 heterocycles. The standard InChI is InChI=1S/C22H25NO4/c1-23-13-12-20(17-6-4-3-5-7-17)21(16-23)22(24)27-15-14-26-19-10-8-18(25-2)9-11-19/h3-11H,12-16H2,1-2H3. The van der Waals surface area contributed by atoms with Gasteiger partial charge in [0.05, 0.1) is 12.7 Å². The first kappa shape index (κ1) is 19.0. The number of benzene rings is 2. The van der Waals surface area contributed by atoms with Gasteiger partial charge in [0.2, 0.25) is 0 Å². The summed E-state index contributed by atoms with van der Waals surface area (Å²) in [4.78, 5) is 14.8. The van der Waals surface area contributed by atoms with Crippen LogP contribution in [0.2, 0.25) is 0 Å². The summed E-state index contributed by atoms with van der Waals surface area (Å²) in [7, 11) is 3.64. The van der Waals surface area contributed by atoms with Gasteiger partial charge in [-0.3, -0.25) is 0 Å². The number of esters is 1. The van der Waals surface area contributed by atoms with Crippen molar-refractivity contribution >= 4 is 11.5 Å². The van der Waals surface area contributed by atoms with E-state index in [4.69, 9.17) is 14.2 Å². The number of hydrogen-bond donors (Lipinski definition) is 0. The Labute approximate surface area is 160 Å². The first-order valence-corrected chi connectivity index (χ1v) is 9.07. The van der Waals surface area contributed by atoms with E-state index >= 15 is 0 Å². The number of methoxy groups -OCH3 is 1. The van der Waals surface area contributed by atoms with Crippen LogP contribution in [-0.2, 0) is 9.53 Å². The van der Waals surface area contributed by atoms with E-state index < -0.39 is 0 Å². The fourth-order valence-corrected chi connectivity index (χ4v) is 3.10. The molecule has 0 fully saturated rings. The van der Waals surface area contributed by atoms with E-state index in [0.29, 0.717) is 18.9 Å². The van der Waals surface area contributed by atoms with Gasteiger partial charge in [-0.15, -0.1) is 0 Å². The second-order valence-corrected chi connectivity index (χ2v) is 6.47. The summed E-state index contributed by atoms with van der Waals surface area (Å²) in [6, 6.07) is 17.4. The van der Waals surface area contributed by atoms with E-state index in [1.807, 2.05) is 61.6 Å². The molecule has 0 aliphatic carbocycles. The number of likely N-dealkylation sites (N-methyl/N-ethyl adjacent to an activating group) is 1. The molecule has 27 heavy (non-hydrogen) atoms. The minimum atomic E-state index is -0.265. The molecule has 0 unspecified atom stereocenters. The molecule has 3 rings (SSSR count). The van der Waals surface area contributed by atoms with Gasteiger partial charge in [-0.2, -0.15) is 0 Å². The largest absolute Gasteiger partial charge is 0.497 e. The predicted octanol–water partition coefficient (Wildman–Crippen LogP) is 3.41. The van der Waals surface area contributed by atoms with Gasteiger partial charge in [0.25, 0.3) is 0 Å². The molecule has 0 radical (unpaired) electrons. The lowest BCUT2D eigenvalue weighted by atomic mass is 9.93. The molecule has 0 bridgehead atoms. The molecule has 2 aromatic rings. The Morgan fingerprint density at radius 2 is 1.70 bits per heavy atom. The van der Waals surface area contributed by atoms with E-state index in [0.717, 1.165) is 35.4 Å². The summed E-state index contributed by atoms with van der Waals surface area (Å²) in [5.41, 5.74) is 2.90. The van der Waals surface area contributed by atoms with Crippen LogP contribution in [0.3, 0.4) is 0 Å². The molecule has 0 atom stereocenters. The van der Waals surface area contributed by atoms with Gasteiger partial charge in [0, 0.05) is 13.1 Å². The monoisotopic (exact) mass is 367 g/mol. The Hall–Kier alpha value is -2.79. The van der Waals surface area contributed by atoms with Crippen molar-refractivity contribution in [2.45, 2.75) is 6.42 Å². The predicted molar refractivity (Wildman–Crippen MR) is 105 cm³/mol. The SMILES string of the molecule is COc1ccc(OCCOC(=O)C2=C(c3ccccc3)CCN(C)C2)cc1. The smallest absolute Gasteiger partial charge is 0.335 e. The Kier molecular flexibility index (Phi) is 6.49. The van der Waals surface area contributed by atoms with Crippen molar-refractivity contribution in [3.63, 3.8) is 0 Å². The van der Waals surface area contributed by atoms with Crippen molar-refractivity contribution in [3.05, 3.63) is 65.7 Å². The van der Waals surface area contributed by atoms with Crippen LogP contribution in [0, 0.1) is 0 Å². The van der Waals surface area contributed by atoms with Gasteiger partial charge in [-0.25, -0.2) is 4.79 Å². The quantitative estimate of drug-likeness (QED) is 0.554. The minimum Gasteiger partial charge on any atom is -0.497 e. The molecule has 142 valence electrons. The van der Waals surface area contributed by atoms with Crippen LogP contribution in [0.1, 0.15) is 12.0 Å². The second-order valence-electron chi connectivity index (χ2n) is 6.47. The van der Waals surface area contributed by atoms with Crippen LogP contribution in [0.15, 0.2) is 60.2 Å². The van der Waals surface area contributed by atoms with E-state index in [1.165, 1.54) is 0 Å². The molecule has 0 amide bonds. The molecule has 0 N–H and O–H groups in total. The maximum atomic E-state index is 12.6. The van der Waals surface area contributed by atoms with Gasteiger partial charge >= 0.3 is 5.97 Å². The molecule has 2 aromatic carbocycles. The van der Waals surface area contributed by atoms with E-state index in [1.54, 1.807) is 7.11 Å². The van der Waals surface area contributed by atoms with Crippen LogP contribution in [0.25, 0.3) is 5.57 Å². The van der Waals surface area contributed by atoms with Crippen molar-refractivity contribution in [1.29, 1.82) is 0 Å². The zero-order chi connectivity index (χ0) is 19.1. The maximum absolute atomic E-state index is 12.6. The van der Waals surface area contributed by atoms with E-state index in [2.05, 4.69) is 4.90 Å². The third-order valence-corrected chi connectivity index (χ3v) is 4.55. The third kappa shape index (κ3) is 5.11. The van der Waals surface area contributed by atoms with Gasteiger partial charge < -0.3 is 19.1 Å².